The van der Waals surface area contributed by atoms with Crippen molar-refractivity contribution in [1.82, 2.24) is 14.7 Å². The topological polar surface area (TPSA) is 36.0 Å². The fourth-order valence-electron chi connectivity index (χ4n) is 6.35. The van der Waals surface area contributed by atoms with Crippen LogP contribution in [0.15, 0.2) is 54.6 Å². The third kappa shape index (κ3) is 4.87. The number of amides is 1. The first-order valence-corrected chi connectivity index (χ1v) is 13.6. The molecule has 0 N–H and O–H groups in total. The molecule has 6 rings (SSSR count). The van der Waals surface area contributed by atoms with Crippen molar-refractivity contribution in [3.63, 3.8) is 0 Å². The summed E-state index contributed by atoms with van der Waals surface area (Å²) in [6.07, 6.45) is 6.44. The van der Waals surface area contributed by atoms with Crippen molar-refractivity contribution in [3.05, 3.63) is 65.7 Å². The molecule has 1 saturated carbocycles. The highest BCUT2D eigenvalue weighted by Gasteiger charge is 2.29. The van der Waals surface area contributed by atoms with E-state index in [1.807, 2.05) is 6.07 Å². The van der Waals surface area contributed by atoms with E-state index >= 15 is 0 Å². The quantitative estimate of drug-likeness (QED) is 0.514. The lowest BCUT2D eigenvalue weighted by atomic mass is 9.93. The summed E-state index contributed by atoms with van der Waals surface area (Å²) in [6.45, 7) is 6.22. The highest BCUT2D eigenvalue weighted by Crippen LogP contribution is 2.30. The molecule has 2 heterocycles. The van der Waals surface area contributed by atoms with Crippen LogP contribution in [0, 0.1) is 0 Å². The summed E-state index contributed by atoms with van der Waals surface area (Å²) in [7, 11) is 1.71. The molecule has 0 radical (unpaired) electrons. The Morgan fingerprint density at radius 1 is 0.833 bits per heavy atom. The molecular formula is C31H37N3O2. The molecule has 0 spiro atoms. The summed E-state index contributed by atoms with van der Waals surface area (Å²) in [4.78, 5) is 20.1. The van der Waals surface area contributed by atoms with Gasteiger partial charge in [0.15, 0.2) is 0 Å². The number of rotatable bonds is 5. The molecule has 0 aromatic heterocycles. The maximum absolute atomic E-state index is 13.1. The van der Waals surface area contributed by atoms with Gasteiger partial charge >= 0.3 is 0 Å². The van der Waals surface area contributed by atoms with E-state index in [0.29, 0.717) is 12.5 Å². The molecular weight excluding hydrogens is 446 g/mol. The second-order valence-electron chi connectivity index (χ2n) is 10.7. The second kappa shape index (κ2) is 10.2. The van der Waals surface area contributed by atoms with Crippen LogP contribution in [0.3, 0.4) is 0 Å². The Morgan fingerprint density at radius 3 is 2.36 bits per heavy atom. The van der Waals surface area contributed by atoms with Gasteiger partial charge in [-0.15, -0.1) is 0 Å². The van der Waals surface area contributed by atoms with Gasteiger partial charge in [0, 0.05) is 45.3 Å². The Hall–Kier alpha value is -2.89. The molecule has 2 fully saturated rings. The number of carbonyl (C=O) groups is 1. The van der Waals surface area contributed by atoms with Crippen molar-refractivity contribution in [3.8, 4) is 16.9 Å². The minimum Gasteiger partial charge on any atom is -0.497 e. The summed E-state index contributed by atoms with van der Waals surface area (Å²) in [5, 5.41) is 2.41. The molecule has 1 saturated heterocycles. The molecule has 0 atom stereocenters. The number of piperazine rings is 1. The Morgan fingerprint density at radius 2 is 1.56 bits per heavy atom. The molecule has 188 valence electrons. The van der Waals surface area contributed by atoms with Gasteiger partial charge in [-0.25, -0.2) is 0 Å². The average Bonchev–Trinajstić information content (AvgIpc) is 3.47. The largest absolute Gasteiger partial charge is 0.497 e. The molecule has 1 aliphatic carbocycles. The first-order chi connectivity index (χ1) is 17.7. The lowest BCUT2D eigenvalue weighted by Gasteiger charge is -2.39. The van der Waals surface area contributed by atoms with Crippen LogP contribution in [0.4, 0.5) is 0 Å². The zero-order chi connectivity index (χ0) is 24.5. The highest BCUT2D eigenvalue weighted by atomic mass is 16.5. The molecule has 3 aromatic rings. The number of benzene rings is 3. The molecule has 0 unspecified atom stereocenters. The minimum absolute atomic E-state index is 0.300. The third-order valence-electron chi connectivity index (χ3n) is 8.55. The van der Waals surface area contributed by atoms with Gasteiger partial charge in [-0.1, -0.05) is 49.2 Å². The Labute approximate surface area is 214 Å². The third-order valence-corrected chi connectivity index (χ3v) is 8.55. The normalized spacial score (nSPS) is 19.5. The van der Waals surface area contributed by atoms with Gasteiger partial charge in [0.25, 0.3) is 0 Å². The van der Waals surface area contributed by atoms with Crippen LogP contribution in [0.25, 0.3) is 21.9 Å². The summed E-state index contributed by atoms with van der Waals surface area (Å²) in [5.74, 6) is 1.19. The van der Waals surface area contributed by atoms with Crippen molar-refractivity contribution in [1.29, 1.82) is 0 Å². The van der Waals surface area contributed by atoms with E-state index in [-0.39, 0.29) is 0 Å². The zero-order valence-electron chi connectivity index (χ0n) is 21.4. The van der Waals surface area contributed by atoms with Gasteiger partial charge in [0.2, 0.25) is 5.91 Å². The number of hydrogen-bond donors (Lipinski definition) is 0. The molecule has 5 heteroatoms. The summed E-state index contributed by atoms with van der Waals surface area (Å²) in [5.41, 5.74) is 5.27. The number of carbonyl (C=O) groups excluding carboxylic acids is 1. The SMILES string of the molecule is COc1ccc2cc(-c3ccc4c(c3)CCN(CC(=O)N3CCN(C5CCCC5)CC3)C4)ccc2c1. The van der Waals surface area contributed by atoms with Gasteiger partial charge in [0.1, 0.15) is 5.75 Å². The van der Waals surface area contributed by atoms with Crippen molar-refractivity contribution >= 4 is 16.7 Å². The zero-order valence-corrected chi connectivity index (χ0v) is 21.4. The maximum Gasteiger partial charge on any atom is 0.236 e. The number of fused-ring (bicyclic) bond motifs is 2. The van der Waals surface area contributed by atoms with Gasteiger partial charge in [-0.2, -0.15) is 0 Å². The summed E-state index contributed by atoms with van der Waals surface area (Å²) < 4.78 is 5.36. The van der Waals surface area contributed by atoms with E-state index < -0.39 is 0 Å². The van der Waals surface area contributed by atoms with E-state index in [1.165, 1.54) is 58.7 Å². The summed E-state index contributed by atoms with van der Waals surface area (Å²) >= 11 is 0. The number of ether oxygens (including phenoxy) is 1. The Bertz CT molecular complexity index is 1240. The average molecular weight is 484 g/mol. The van der Waals surface area contributed by atoms with Crippen LogP contribution in [0.2, 0.25) is 0 Å². The minimum atomic E-state index is 0.300. The molecule has 1 amide bonds. The molecule has 2 aliphatic heterocycles. The van der Waals surface area contributed by atoms with E-state index in [9.17, 15) is 4.79 Å². The molecule has 0 bridgehead atoms. The Kier molecular flexibility index (Phi) is 6.68. The van der Waals surface area contributed by atoms with Crippen LogP contribution in [-0.4, -0.2) is 73.0 Å². The van der Waals surface area contributed by atoms with Gasteiger partial charge in [-0.3, -0.25) is 14.6 Å². The lowest BCUT2D eigenvalue weighted by molar-refractivity contribution is -0.134. The second-order valence-corrected chi connectivity index (χ2v) is 10.7. The highest BCUT2D eigenvalue weighted by molar-refractivity contribution is 5.88. The predicted octanol–water partition coefficient (Wildman–Crippen LogP) is 4.96. The van der Waals surface area contributed by atoms with E-state index in [4.69, 9.17) is 4.74 Å². The molecule has 36 heavy (non-hydrogen) atoms. The number of hydrogen-bond acceptors (Lipinski definition) is 4. The van der Waals surface area contributed by atoms with E-state index in [2.05, 4.69) is 63.2 Å². The lowest BCUT2D eigenvalue weighted by Crippen LogP contribution is -2.53. The molecule has 3 aromatic carbocycles. The van der Waals surface area contributed by atoms with Crippen molar-refractivity contribution in [2.45, 2.75) is 44.7 Å². The van der Waals surface area contributed by atoms with Crippen molar-refractivity contribution < 1.29 is 9.53 Å². The molecule has 5 nitrogen and oxygen atoms in total. The van der Waals surface area contributed by atoms with Gasteiger partial charge in [0.05, 0.1) is 13.7 Å². The summed E-state index contributed by atoms with van der Waals surface area (Å²) in [6, 6.07) is 20.5. The fraction of sp³-hybridized carbons (Fsp3) is 0.452. The Balaban J connectivity index is 1.07. The van der Waals surface area contributed by atoms with E-state index in [0.717, 1.165) is 57.5 Å². The van der Waals surface area contributed by atoms with Crippen molar-refractivity contribution in [2.24, 2.45) is 0 Å². The monoisotopic (exact) mass is 483 g/mol. The standard InChI is InChI=1S/C31H37N3O2/c1-36-30-11-10-25-18-23(6-7-26(25)20-30)24-8-9-28-21-32(13-12-27(28)19-24)22-31(35)34-16-14-33(15-17-34)29-4-2-3-5-29/h6-11,18-20,29H,2-5,12-17,21-22H2,1H3. The number of nitrogens with zero attached hydrogens (tertiary/aromatic N) is 3. The van der Waals surface area contributed by atoms with Crippen LogP contribution in [0.5, 0.6) is 5.75 Å². The maximum atomic E-state index is 13.1. The smallest absolute Gasteiger partial charge is 0.236 e. The van der Waals surface area contributed by atoms with Gasteiger partial charge < -0.3 is 9.64 Å². The first-order valence-electron chi connectivity index (χ1n) is 13.6. The van der Waals surface area contributed by atoms with Crippen LogP contribution >= 0.6 is 0 Å². The van der Waals surface area contributed by atoms with Crippen LogP contribution in [0.1, 0.15) is 36.8 Å². The number of methoxy groups -OCH3 is 1. The molecule has 3 aliphatic rings. The van der Waals surface area contributed by atoms with Crippen molar-refractivity contribution in [2.75, 3.05) is 46.4 Å². The van der Waals surface area contributed by atoms with Crippen LogP contribution in [-0.2, 0) is 17.8 Å². The van der Waals surface area contributed by atoms with E-state index in [1.54, 1.807) is 7.11 Å². The fourth-order valence-corrected chi connectivity index (χ4v) is 6.35. The first kappa shape index (κ1) is 23.5. The van der Waals surface area contributed by atoms with Crippen LogP contribution < -0.4 is 4.74 Å². The van der Waals surface area contributed by atoms with Gasteiger partial charge in [-0.05, 0) is 70.5 Å². The predicted molar refractivity (Wildman–Crippen MR) is 145 cm³/mol.